The van der Waals surface area contributed by atoms with E-state index in [1.807, 2.05) is 0 Å². The molecule has 0 radical (unpaired) electrons. The van der Waals surface area contributed by atoms with Crippen molar-refractivity contribution < 1.29 is 13.2 Å². The van der Waals surface area contributed by atoms with Gasteiger partial charge >= 0.3 is 0 Å². The van der Waals surface area contributed by atoms with Gasteiger partial charge in [0, 0.05) is 26.2 Å². The van der Waals surface area contributed by atoms with Gasteiger partial charge in [0.1, 0.15) is 0 Å². The Morgan fingerprint density at radius 1 is 1.15 bits per heavy atom. The maximum absolute atomic E-state index is 12.2. The summed E-state index contributed by atoms with van der Waals surface area (Å²) in [6, 6.07) is 0. The Labute approximate surface area is 122 Å². The monoisotopic (exact) mass is 305 g/mol. The van der Waals surface area contributed by atoms with Crippen LogP contribution in [0.25, 0.3) is 0 Å². The molecule has 2 fully saturated rings. The van der Waals surface area contributed by atoms with Gasteiger partial charge in [0.25, 0.3) is 10.2 Å². The lowest BCUT2D eigenvalue weighted by molar-refractivity contribution is 0.186. The first-order valence-electron chi connectivity index (χ1n) is 7.65. The summed E-state index contributed by atoms with van der Waals surface area (Å²) >= 11 is 0. The van der Waals surface area contributed by atoms with Gasteiger partial charge in [-0.05, 0) is 44.2 Å². The summed E-state index contributed by atoms with van der Waals surface area (Å²) in [5, 5.41) is 3.34. The summed E-state index contributed by atoms with van der Waals surface area (Å²) in [5.74, 6) is 0.931. The van der Waals surface area contributed by atoms with E-state index < -0.39 is 10.2 Å². The van der Waals surface area contributed by atoms with Crippen molar-refractivity contribution in [2.45, 2.75) is 26.2 Å². The van der Waals surface area contributed by atoms with Crippen molar-refractivity contribution in [3.63, 3.8) is 0 Å². The number of rotatable bonds is 7. The minimum atomic E-state index is -3.31. The highest BCUT2D eigenvalue weighted by Gasteiger charge is 2.28. The van der Waals surface area contributed by atoms with Crippen molar-refractivity contribution in [3.8, 4) is 0 Å². The van der Waals surface area contributed by atoms with Crippen LogP contribution in [0, 0.1) is 11.8 Å². The lowest BCUT2D eigenvalue weighted by Gasteiger charge is -2.31. The fourth-order valence-corrected chi connectivity index (χ4v) is 4.08. The lowest BCUT2D eigenvalue weighted by atomic mass is 9.98. The Balaban J connectivity index is 1.73. The Hall–Kier alpha value is -0.210. The summed E-state index contributed by atoms with van der Waals surface area (Å²) in [6.07, 6.45) is 2.84. The Morgan fingerprint density at radius 2 is 1.90 bits per heavy atom. The molecule has 7 heteroatoms. The molecule has 0 aromatic heterocycles. The molecule has 0 aromatic rings. The van der Waals surface area contributed by atoms with Gasteiger partial charge in [-0.15, -0.1) is 0 Å². The molecular formula is C13H27N3O3S. The third kappa shape index (κ3) is 4.66. The molecule has 1 atom stereocenters. The van der Waals surface area contributed by atoms with Gasteiger partial charge in [0.2, 0.25) is 0 Å². The predicted molar refractivity (Wildman–Crippen MR) is 78.7 cm³/mol. The molecule has 20 heavy (non-hydrogen) atoms. The molecule has 0 saturated carbocycles. The molecule has 2 aliphatic rings. The standard InChI is InChI=1S/C13H27N3O3S/c1-2-14-9-12-3-6-16(7-4-12)20(17,18)15-10-13-5-8-19-11-13/h12-15H,2-11H2,1H3. The SMILES string of the molecule is CCNCC1CCN(S(=O)(=O)NCC2CCOC2)CC1. The van der Waals surface area contributed by atoms with E-state index in [-0.39, 0.29) is 0 Å². The first-order valence-corrected chi connectivity index (χ1v) is 9.09. The Bertz CT molecular complexity index is 374. The van der Waals surface area contributed by atoms with Crippen LogP contribution >= 0.6 is 0 Å². The largest absolute Gasteiger partial charge is 0.381 e. The molecule has 0 spiro atoms. The summed E-state index contributed by atoms with van der Waals surface area (Å²) in [7, 11) is -3.31. The fourth-order valence-electron chi connectivity index (χ4n) is 2.76. The van der Waals surface area contributed by atoms with Gasteiger partial charge in [-0.3, -0.25) is 0 Å². The Morgan fingerprint density at radius 3 is 2.50 bits per heavy atom. The smallest absolute Gasteiger partial charge is 0.279 e. The quantitative estimate of drug-likeness (QED) is 0.704. The van der Waals surface area contributed by atoms with E-state index in [1.54, 1.807) is 4.31 Å². The summed E-state index contributed by atoms with van der Waals surface area (Å²) in [6.45, 7) is 7.26. The van der Waals surface area contributed by atoms with Crippen LogP contribution in [0.2, 0.25) is 0 Å². The fraction of sp³-hybridized carbons (Fsp3) is 1.00. The van der Waals surface area contributed by atoms with E-state index in [2.05, 4.69) is 17.0 Å². The predicted octanol–water partition coefficient (Wildman–Crippen LogP) is 0.179. The lowest BCUT2D eigenvalue weighted by Crippen LogP contribution is -2.47. The van der Waals surface area contributed by atoms with Crippen LogP contribution < -0.4 is 10.0 Å². The van der Waals surface area contributed by atoms with Crippen molar-refractivity contribution in [2.75, 3.05) is 45.9 Å². The number of nitrogens with zero attached hydrogens (tertiary/aromatic N) is 1. The van der Waals surface area contributed by atoms with Gasteiger partial charge in [0.05, 0.1) is 6.61 Å². The highest BCUT2D eigenvalue weighted by atomic mass is 32.2. The van der Waals surface area contributed by atoms with Crippen LogP contribution in [0.3, 0.4) is 0 Å². The number of nitrogens with one attached hydrogen (secondary N) is 2. The van der Waals surface area contributed by atoms with Crippen molar-refractivity contribution >= 4 is 10.2 Å². The molecule has 118 valence electrons. The van der Waals surface area contributed by atoms with Crippen LogP contribution in [0.4, 0.5) is 0 Å². The van der Waals surface area contributed by atoms with Crippen LogP contribution in [-0.4, -0.2) is 58.7 Å². The first kappa shape index (κ1) is 16.2. The molecule has 0 aromatic carbocycles. The molecule has 2 N–H and O–H groups in total. The second-order valence-electron chi connectivity index (χ2n) is 5.73. The minimum Gasteiger partial charge on any atom is -0.381 e. The van der Waals surface area contributed by atoms with Gasteiger partial charge in [0.15, 0.2) is 0 Å². The molecule has 0 bridgehead atoms. The molecule has 6 nitrogen and oxygen atoms in total. The second-order valence-corrected chi connectivity index (χ2v) is 7.49. The molecule has 2 heterocycles. The van der Waals surface area contributed by atoms with E-state index in [0.29, 0.717) is 38.1 Å². The van der Waals surface area contributed by atoms with E-state index in [9.17, 15) is 8.42 Å². The topological polar surface area (TPSA) is 70.7 Å². The normalized spacial score (nSPS) is 26.1. The average molecular weight is 305 g/mol. The van der Waals surface area contributed by atoms with Crippen LogP contribution in [0.5, 0.6) is 0 Å². The van der Waals surface area contributed by atoms with Gasteiger partial charge in [-0.25, -0.2) is 4.72 Å². The van der Waals surface area contributed by atoms with E-state index in [0.717, 1.165) is 39.0 Å². The molecular weight excluding hydrogens is 278 g/mol. The first-order chi connectivity index (χ1) is 9.62. The zero-order valence-electron chi connectivity index (χ0n) is 12.3. The molecule has 2 saturated heterocycles. The molecule has 0 amide bonds. The van der Waals surface area contributed by atoms with E-state index in [1.165, 1.54) is 0 Å². The highest BCUT2D eigenvalue weighted by molar-refractivity contribution is 7.87. The van der Waals surface area contributed by atoms with Crippen LogP contribution in [0.1, 0.15) is 26.2 Å². The van der Waals surface area contributed by atoms with E-state index in [4.69, 9.17) is 4.74 Å². The summed E-state index contributed by atoms with van der Waals surface area (Å²) in [4.78, 5) is 0. The van der Waals surface area contributed by atoms with Gasteiger partial charge < -0.3 is 10.1 Å². The maximum Gasteiger partial charge on any atom is 0.279 e. The van der Waals surface area contributed by atoms with E-state index >= 15 is 0 Å². The maximum atomic E-state index is 12.2. The van der Waals surface area contributed by atoms with Gasteiger partial charge in [-0.1, -0.05) is 6.92 Å². The Kier molecular flexibility index (Phi) is 6.22. The van der Waals surface area contributed by atoms with Crippen LogP contribution in [0.15, 0.2) is 0 Å². The molecule has 1 unspecified atom stereocenters. The molecule has 2 aliphatic heterocycles. The third-order valence-electron chi connectivity index (χ3n) is 4.17. The highest BCUT2D eigenvalue weighted by Crippen LogP contribution is 2.19. The molecule has 2 rings (SSSR count). The zero-order chi connectivity index (χ0) is 14.4. The van der Waals surface area contributed by atoms with Crippen molar-refractivity contribution in [1.82, 2.24) is 14.3 Å². The third-order valence-corrected chi connectivity index (χ3v) is 5.75. The van der Waals surface area contributed by atoms with Crippen LogP contribution in [-0.2, 0) is 14.9 Å². The second kappa shape index (κ2) is 7.70. The van der Waals surface area contributed by atoms with Crippen molar-refractivity contribution in [2.24, 2.45) is 11.8 Å². The van der Waals surface area contributed by atoms with Gasteiger partial charge in [-0.2, -0.15) is 12.7 Å². The summed E-state index contributed by atoms with van der Waals surface area (Å²) in [5.41, 5.74) is 0. The minimum absolute atomic E-state index is 0.330. The number of hydrogen-bond acceptors (Lipinski definition) is 4. The number of piperidine rings is 1. The summed E-state index contributed by atoms with van der Waals surface area (Å²) < 4.78 is 34.0. The average Bonchev–Trinajstić information content (AvgIpc) is 2.97. The van der Waals surface area contributed by atoms with Crippen molar-refractivity contribution in [3.05, 3.63) is 0 Å². The van der Waals surface area contributed by atoms with Crippen molar-refractivity contribution in [1.29, 1.82) is 0 Å². The zero-order valence-corrected chi connectivity index (χ0v) is 13.1. The number of ether oxygens (including phenoxy) is 1. The molecule has 0 aliphatic carbocycles. The number of hydrogen-bond donors (Lipinski definition) is 2.